The Balaban J connectivity index is 2.27. The first kappa shape index (κ1) is 6.65. The van der Waals surface area contributed by atoms with Crippen molar-refractivity contribution in [2.45, 2.75) is 19.0 Å². The van der Waals surface area contributed by atoms with Crippen LogP contribution in [0.3, 0.4) is 0 Å². The van der Waals surface area contributed by atoms with Gasteiger partial charge in [-0.15, -0.1) is 0 Å². The van der Waals surface area contributed by atoms with Gasteiger partial charge in [0, 0.05) is 0 Å². The van der Waals surface area contributed by atoms with Crippen LogP contribution < -0.4 is 0 Å². The van der Waals surface area contributed by atoms with Gasteiger partial charge >= 0.3 is 6.18 Å². The Kier molecular flexibility index (Phi) is 1.30. The molecule has 0 bridgehead atoms. The third-order valence-corrected chi connectivity index (χ3v) is 1.40. The molecule has 0 aliphatic heterocycles. The molecule has 9 heavy (non-hydrogen) atoms. The summed E-state index contributed by atoms with van der Waals surface area (Å²) in [6.07, 6.45) is -4.10. The average Bonchev–Trinajstić information content (AvgIpc) is 2.13. The zero-order chi connectivity index (χ0) is 7.07. The van der Waals surface area contributed by atoms with Crippen LogP contribution in [0.2, 0.25) is 0 Å². The Morgan fingerprint density at radius 2 is 2.00 bits per heavy atom. The highest BCUT2D eigenvalue weighted by molar-refractivity contribution is 5.18. The monoisotopic (exact) mass is 136 g/mol. The summed E-state index contributed by atoms with van der Waals surface area (Å²) in [6.45, 7) is 3.43. The van der Waals surface area contributed by atoms with E-state index in [1.165, 1.54) is 0 Å². The van der Waals surface area contributed by atoms with E-state index in [1.54, 1.807) is 0 Å². The van der Waals surface area contributed by atoms with Crippen molar-refractivity contribution in [3.05, 3.63) is 12.2 Å². The van der Waals surface area contributed by atoms with Crippen molar-refractivity contribution in [3.63, 3.8) is 0 Å². The molecular formula is C6H7F3. The molecule has 1 aliphatic rings. The lowest BCUT2D eigenvalue weighted by molar-refractivity contribution is -0.137. The molecule has 1 atom stereocenters. The Morgan fingerprint density at radius 1 is 1.56 bits per heavy atom. The predicted octanol–water partition coefficient (Wildman–Crippen LogP) is 2.51. The Morgan fingerprint density at radius 3 is 2.11 bits per heavy atom. The molecule has 1 unspecified atom stereocenters. The minimum atomic E-state index is -4.00. The van der Waals surface area contributed by atoms with E-state index < -0.39 is 12.6 Å². The molecule has 1 saturated carbocycles. The summed E-state index contributed by atoms with van der Waals surface area (Å²) in [5.74, 6) is -0.259. The Labute approximate surface area is 51.4 Å². The van der Waals surface area contributed by atoms with Gasteiger partial charge in [-0.2, -0.15) is 13.2 Å². The van der Waals surface area contributed by atoms with Gasteiger partial charge in [-0.1, -0.05) is 12.2 Å². The van der Waals surface area contributed by atoms with E-state index in [9.17, 15) is 13.2 Å². The summed E-state index contributed by atoms with van der Waals surface area (Å²) in [6, 6.07) is 0. The minimum absolute atomic E-state index is 0.259. The molecule has 0 heterocycles. The highest BCUT2D eigenvalue weighted by Gasteiger charge is 2.39. The fourth-order valence-corrected chi connectivity index (χ4v) is 0.753. The molecule has 1 fully saturated rings. The fraction of sp³-hybridized carbons (Fsp3) is 0.667. The molecule has 0 spiro atoms. The van der Waals surface area contributed by atoms with E-state index >= 15 is 0 Å². The topological polar surface area (TPSA) is 0 Å². The lowest BCUT2D eigenvalue weighted by atomic mass is 10.3. The first-order valence-corrected chi connectivity index (χ1v) is 2.73. The van der Waals surface area contributed by atoms with Crippen molar-refractivity contribution < 1.29 is 13.2 Å². The molecule has 0 radical (unpaired) electrons. The Bertz CT molecular complexity index is 134. The van der Waals surface area contributed by atoms with Crippen LogP contribution in [0.1, 0.15) is 12.8 Å². The van der Waals surface area contributed by atoms with Gasteiger partial charge in [-0.05, 0) is 12.3 Å². The van der Waals surface area contributed by atoms with E-state index in [0.717, 1.165) is 5.57 Å². The Hall–Kier alpha value is -0.470. The second-order valence-electron chi connectivity index (χ2n) is 2.38. The third-order valence-electron chi connectivity index (χ3n) is 1.40. The summed E-state index contributed by atoms with van der Waals surface area (Å²) < 4.78 is 34.4. The largest absolute Gasteiger partial charge is 0.389 e. The normalized spacial score (nSPS) is 26.6. The van der Waals surface area contributed by atoms with Crippen molar-refractivity contribution in [2.75, 3.05) is 0 Å². The smallest absolute Gasteiger partial charge is 0.171 e. The van der Waals surface area contributed by atoms with E-state index in [-0.39, 0.29) is 5.92 Å². The lowest BCUT2D eigenvalue weighted by Crippen LogP contribution is -2.07. The molecule has 0 amide bonds. The first-order valence-electron chi connectivity index (χ1n) is 2.73. The van der Waals surface area contributed by atoms with Crippen LogP contribution in [-0.2, 0) is 0 Å². The molecule has 3 heteroatoms. The number of allylic oxidation sites excluding steroid dienone is 1. The van der Waals surface area contributed by atoms with E-state index in [2.05, 4.69) is 6.58 Å². The molecule has 1 rings (SSSR count). The van der Waals surface area contributed by atoms with Crippen LogP contribution >= 0.6 is 0 Å². The van der Waals surface area contributed by atoms with Gasteiger partial charge in [0.05, 0.1) is 6.42 Å². The van der Waals surface area contributed by atoms with Crippen molar-refractivity contribution in [1.82, 2.24) is 0 Å². The van der Waals surface area contributed by atoms with Crippen LogP contribution in [0.4, 0.5) is 13.2 Å². The summed E-state index contributed by atoms with van der Waals surface area (Å²) in [5, 5.41) is 0. The highest BCUT2D eigenvalue weighted by atomic mass is 19.4. The molecule has 0 aromatic rings. The van der Waals surface area contributed by atoms with Gasteiger partial charge in [0.2, 0.25) is 0 Å². The molecule has 0 aromatic heterocycles. The van der Waals surface area contributed by atoms with Gasteiger partial charge in [-0.25, -0.2) is 0 Å². The average molecular weight is 136 g/mol. The van der Waals surface area contributed by atoms with Crippen LogP contribution in [0.5, 0.6) is 0 Å². The molecule has 0 aromatic carbocycles. The number of alkyl halides is 3. The maximum atomic E-state index is 11.5. The quantitative estimate of drug-likeness (QED) is 0.486. The number of hydrogen-bond acceptors (Lipinski definition) is 0. The number of rotatable bonds is 1. The standard InChI is InChI=1S/C6H7F3/c1-4-2-5(4)3-6(7,8)9/h5H,1-3H2. The van der Waals surface area contributed by atoms with E-state index in [1.807, 2.05) is 0 Å². The predicted molar refractivity (Wildman–Crippen MR) is 27.9 cm³/mol. The van der Waals surface area contributed by atoms with Crippen LogP contribution in [0.15, 0.2) is 12.2 Å². The van der Waals surface area contributed by atoms with Crippen LogP contribution in [-0.4, -0.2) is 6.18 Å². The molecule has 1 aliphatic carbocycles. The van der Waals surface area contributed by atoms with Crippen LogP contribution in [0.25, 0.3) is 0 Å². The van der Waals surface area contributed by atoms with E-state index in [4.69, 9.17) is 0 Å². The third kappa shape index (κ3) is 2.08. The van der Waals surface area contributed by atoms with E-state index in [0.29, 0.717) is 6.42 Å². The second-order valence-corrected chi connectivity index (χ2v) is 2.38. The first-order chi connectivity index (χ1) is 3.99. The summed E-state index contributed by atoms with van der Waals surface area (Å²) >= 11 is 0. The van der Waals surface area contributed by atoms with Crippen molar-refractivity contribution in [2.24, 2.45) is 5.92 Å². The van der Waals surface area contributed by atoms with Gasteiger partial charge in [0.1, 0.15) is 0 Å². The zero-order valence-corrected chi connectivity index (χ0v) is 4.83. The number of hydrogen-bond donors (Lipinski definition) is 0. The van der Waals surface area contributed by atoms with Crippen LogP contribution in [0, 0.1) is 5.92 Å². The molecular weight excluding hydrogens is 129 g/mol. The maximum absolute atomic E-state index is 11.5. The lowest BCUT2D eigenvalue weighted by Gasteiger charge is -2.01. The van der Waals surface area contributed by atoms with Gasteiger partial charge in [0.25, 0.3) is 0 Å². The number of halogens is 3. The molecule has 0 nitrogen and oxygen atoms in total. The molecule has 0 saturated heterocycles. The van der Waals surface area contributed by atoms with Crippen molar-refractivity contribution >= 4 is 0 Å². The zero-order valence-electron chi connectivity index (χ0n) is 4.83. The van der Waals surface area contributed by atoms with Crippen molar-refractivity contribution in [1.29, 1.82) is 0 Å². The fourth-order valence-electron chi connectivity index (χ4n) is 0.753. The maximum Gasteiger partial charge on any atom is 0.389 e. The van der Waals surface area contributed by atoms with Crippen molar-refractivity contribution in [3.8, 4) is 0 Å². The summed E-state index contributed by atoms with van der Waals surface area (Å²) in [5.41, 5.74) is 0.743. The van der Waals surface area contributed by atoms with Gasteiger partial charge in [0.15, 0.2) is 0 Å². The summed E-state index contributed by atoms with van der Waals surface area (Å²) in [7, 11) is 0. The minimum Gasteiger partial charge on any atom is -0.171 e. The van der Waals surface area contributed by atoms with Gasteiger partial charge < -0.3 is 0 Å². The SMILES string of the molecule is C=C1CC1CC(F)(F)F. The second kappa shape index (κ2) is 1.75. The highest BCUT2D eigenvalue weighted by Crippen LogP contribution is 2.43. The summed E-state index contributed by atoms with van der Waals surface area (Å²) in [4.78, 5) is 0. The van der Waals surface area contributed by atoms with Gasteiger partial charge in [-0.3, -0.25) is 0 Å². The molecule has 0 N–H and O–H groups in total. The molecule has 52 valence electrons.